The Bertz CT molecular complexity index is 1360. The van der Waals surface area contributed by atoms with Crippen molar-refractivity contribution in [3.8, 4) is 22.3 Å². The first-order chi connectivity index (χ1) is 14.8. The van der Waals surface area contributed by atoms with Crippen molar-refractivity contribution in [1.82, 2.24) is 19.1 Å². The maximum Gasteiger partial charge on any atom is 0.258 e. The van der Waals surface area contributed by atoms with Crippen LogP contribution in [0.1, 0.15) is 5.56 Å². The second kappa shape index (κ2) is 8.76. The summed E-state index contributed by atoms with van der Waals surface area (Å²) >= 11 is 4.25. The molecule has 31 heavy (non-hydrogen) atoms. The number of halogens is 1. The van der Waals surface area contributed by atoms with E-state index in [0.717, 1.165) is 33.2 Å². The lowest BCUT2D eigenvalue weighted by Gasteiger charge is -2.14. The molecule has 2 aromatic carbocycles. The summed E-state index contributed by atoms with van der Waals surface area (Å²) < 4.78 is 27.1. The predicted molar refractivity (Wildman–Crippen MR) is 122 cm³/mol. The van der Waals surface area contributed by atoms with Gasteiger partial charge in [-0.25, -0.2) is 4.72 Å². The molecule has 2 heterocycles. The van der Waals surface area contributed by atoms with Gasteiger partial charge in [-0.2, -0.15) is 5.10 Å². The van der Waals surface area contributed by atoms with E-state index >= 15 is 0 Å². The third-order valence-electron chi connectivity index (χ3n) is 5.18. The van der Waals surface area contributed by atoms with Gasteiger partial charge in [0.25, 0.3) is 5.56 Å². The number of aryl methyl sites for hydroxylation is 2. The quantitative estimate of drug-likeness (QED) is 0.452. The number of pyridine rings is 1. The molecule has 160 valence electrons. The Morgan fingerprint density at radius 1 is 1.06 bits per heavy atom. The summed E-state index contributed by atoms with van der Waals surface area (Å²) in [6.45, 7) is 0.288. The van der Waals surface area contributed by atoms with Crippen LogP contribution in [-0.4, -0.2) is 29.7 Å². The SMILES string of the molecule is Cn1cc(-c2ccc3c(=O)n(C)cc(-c4cc(CCNS(=O)[O-])ccc4Cl)c3c2)cn1. The molecule has 0 aliphatic rings. The maximum absolute atomic E-state index is 12.8. The smallest absolute Gasteiger partial charge is 0.258 e. The molecule has 0 spiro atoms. The van der Waals surface area contributed by atoms with Gasteiger partial charge >= 0.3 is 0 Å². The molecule has 0 fully saturated rings. The standard InChI is InChI=1S/C22H21ClN4O3S/c1-26-13-20(19-9-14(3-6-21(19)23)7-8-25-31(29)30)18-10-15(4-5-17(18)22(26)28)16-11-24-27(2)12-16/h3-6,9-13,25H,7-8H2,1-2H3,(H,29,30)/p-1. The molecule has 0 saturated heterocycles. The van der Waals surface area contributed by atoms with Crippen LogP contribution in [0.4, 0.5) is 0 Å². The summed E-state index contributed by atoms with van der Waals surface area (Å²) in [6, 6.07) is 11.3. The molecule has 0 saturated carbocycles. The van der Waals surface area contributed by atoms with E-state index in [1.54, 1.807) is 34.8 Å². The molecule has 9 heteroatoms. The van der Waals surface area contributed by atoms with Gasteiger partial charge in [0.05, 0.1) is 6.20 Å². The Balaban J connectivity index is 1.87. The summed E-state index contributed by atoms with van der Waals surface area (Å²) in [4.78, 5) is 12.8. The fraction of sp³-hybridized carbons (Fsp3) is 0.182. The second-order valence-corrected chi connectivity index (χ2v) is 8.48. The minimum absolute atomic E-state index is 0.0918. The lowest BCUT2D eigenvalue weighted by atomic mass is 9.96. The van der Waals surface area contributed by atoms with Gasteiger partial charge < -0.3 is 9.12 Å². The number of benzene rings is 2. The molecule has 7 nitrogen and oxygen atoms in total. The Labute approximate surface area is 186 Å². The molecule has 0 amide bonds. The van der Waals surface area contributed by atoms with Crippen molar-refractivity contribution in [3.63, 3.8) is 0 Å². The van der Waals surface area contributed by atoms with Crippen molar-refractivity contribution < 1.29 is 8.76 Å². The van der Waals surface area contributed by atoms with E-state index in [-0.39, 0.29) is 12.1 Å². The molecule has 0 bridgehead atoms. The van der Waals surface area contributed by atoms with E-state index in [2.05, 4.69) is 9.82 Å². The minimum atomic E-state index is -2.30. The number of fused-ring (bicyclic) bond motifs is 1. The average molecular weight is 456 g/mol. The third kappa shape index (κ3) is 4.47. The fourth-order valence-electron chi connectivity index (χ4n) is 3.64. The molecule has 0 aliphatic heterocycles. The zero-order valence-corrected chi connectivity index (χ0v) is 18.5. The van der Waals surface area contributed by atoms with Crippen molar-refractivity contribution in [2.45, 2.75) is 6.42 Å². The van der Waals surface area contributed by atoms with Crippen LogP contribution in [0.2, 0.25) is 5.02 Å². The molecule has 1 N–H and O–H groups in total. The van der Waals surface area contributed by atoms with Crippen molar-refractivity contribution >= 4 is 33.6 Å². The zero-order chi connectivity index (χ0) is 22.1. The normalized spacial score (nSPS) is 12.4. The average Bonchev–Trinajstić information content (AvgIpc) is 3.18. The highest BCUT2D eigenvalue weighted by molar-refractivity contribution is 7.77. The fourth-order valence-corrected chi connectivity index (χ4v) is 4.13. The van der Waals surface area contributed by atoms with E-state index in [9.17, 15) is 13.6 Å². The topological polar surface area (TPSA) is 92.0 Å². The summed E-state index contributed by atoms with van der Waals surface area (Å²) in [5, 5.41) is 6.17. The van der Waals surface area contributed by atoms with Crippen molar-refractivity contribution in [2.75, 3.05) is 6.54 Å². The van der Waals surface area contributed by atoms with E-state index in [0.29, 0.717) is 16.8 Å². The second-order valence-electron chi connectivity index (χ2n) is 7.32. The molecular weight excluding hydrogens is 436 g/mol. The Kier molecular flexibility index (Phi) is 6.06. The van der Waals surface area contributed by atoms with E-state index < -0.39 is 11.3 Å². The van der Waals surface area contributed by atoms with Crippen LogP contribution in [0.25, 0.3) is 33.0 Å². The van der Waals surface area contributed by atoms with E-state index in [4.69, 9.17) is 11.6 Å². The lowest BCUT2D eigenvalue weighted by molar-refractivity contribution is 0.523. The highest BCUT2D eigenvalue weighted by atomic mass is 35.5. The summed E-state index contributed by atoms with van der Waals surface area (Å²) in [5.41, 5.74) is 4.35. The van der Waals surface area contributed by atoms with Gasteiger partial charge in [-0.3, -0.25) is 13.7 Å². The Hall–Kier alpha value is -2.78. The first-order valence-corrected chi connectivity index (χ1v) is 11.0. The largest absolute Gasteiger partial charge is 0.760 e. The zero-order valence-electron chi connectivity index (χ0n) is 17.0. The van der Waals surface area contributed by atoms with Crippen molar-refractivity contribution in [1.29, 1.82) is 0 Å². The molecule has 1 unspecified atom stereocenters. The van der Waals surface area contributed by atoms with Gasteiger partial charge in [-0.05, 0) is 47.2 Å². The number of nitrogens with one attached hydrogen (secondary N) is 1. The molecule has 4 rings (SSSR count). The number of aromatic nitrogens is 3. The van der Waals surface area contributed by atoms with E-state index in [1.165, 1.54) is 0 Å². The van der Waals surface area contributed by atoms with Gasteiger partial charge in [0, 0.05) is 71.4 Å². The number of hydrogen-bond acceptors (Lipinski definition) is 4. The number of rotatable bonds is 6. The summed E-state index contributed by atoms with van der Waals surface area (Å²) in [7, 11) is 3.57. The molecule has 0 radical (unpaired) electrons. The maximum atomic E-state index is 12.8. The van der Waals surface area contributed by atoms with Crippen LogP contribution in [-0.2, 0) is 31.8 Å². The molecule has 4 aromatic rings. The van der Waals surface area contributed by atoms with Crippen LogP contribution < -0.4 is 10.3 Å². The van der Waals surface area contributed by atoms with Crippen LogP contribution in [0, 0.1) is 0 Å². The summed E-state index contributed by atoms with van der Waals surface area (Å²) in [6.07, 6.45) is 6.00. The first-order valence-electron chi connectivity index (χ1n) is 9.57. The van der Waals surface area contributed by atoms with E-state index in [1.807, 2.05) is 43.6 Å². The van der Waals surface area contributed by atoms with Crippen LogP contribution in [0.5, 0.6) is 0 Å². The Morgan fingerprint density at radius 2 is 1.87 bits per heavy atom. The van der Waals surface area contributed by atoms with Gasteiger partial charge in [0.2, 0.25) is 0 Å². The van der Waals surface area contributed by atoms with Crippen LogP contribution in [0.15, 0.2) is 59.8 Å². The van der Waals surface area contributed by atoms with Crippen LogP contribution >= 0.6 is 11.6 Å². The minimum Gasteiger partial charge on any atom is -0.760 e. The highest BCUT2D eigenvalue weighted by Crippen LogP contribution is 2.35. The highest BCUT2D eigenvalue weighted by Gasteiger charge is 2.14. The number of nitrogens with zero attached hydrogens (tertiary/aromatic N) is 3. The van der Waals surface area contributed by atoms with Gasteiger partial charge in [-0.15, -0.1) is 0 Å². The molecule has 1 atom stereocenters. The van der Waals surface area contributed by atoms with Gasteiger partial charge in [0.15, 0.2) is 0 Å². The van der Waals surface area contributed by atoms with Crippen LogP contribution in [0.3, 0.4) is 0 Å². The molecule has 0 aliphatic carbocycles. The predicted octanol–water partition coefficient (Wildman–Crippen LogP) is 3.19. The third-order valence-corrected chi connectivity index (χ3v) is 5.95. The first kappa shape index (κ1) is 21.5. The lowest BCUT2D eigenvalue weighted by Crippen LogP contribution is -2.19. The van der Waals surface area contributed by atoms with Gasteiger partial charge in [0.1, 0.15) is 0 Å². The van der Waals surface area contributed by atoms with Crippen molar-refractivity contribution in [3.05, 3.63) is 75.9 Å². The molecular formula is C22H20ClN4O3S-. The van der Waals surface area contributed by atoms with Crippen molar-refractivity contribution in [2.24, 2.45) is 14.1 Å². The van der Waals surface area contributed by atoms with Gasteiger partial charge in [-0.1, -0.05) is 23.7 Å². The monoisotopic (exact) mass is 455 g/mol. The molecule has 2 aromatic heterocycles. The number of hydrogen-bond donors (Lipinski definition) is 1. The summed E-state index contributed by atoms with van der Waals surface area (Å²) in [5.74, 6) is 0. The Morgan fingerprint density at radius 3 is 2.58 bits per heavy atom.